The minimum atomic E-state index is 0.160. The molecule has 2 rings (SSSR count). The van der Waals surface area contributed by atoms with Crippen molar-refractivity contribution in [3.05, 3.63) is 27.0 Å². The van der Waals surface area contributed by atoms with E-state index in [0.29, 0.717) is 19.5 Å². The number of thiazole rings is 1. The third kappa shape index (κ3) is 3.18. The fraction of sp³-hybridized carbons (Fsp3) is 0.600. The van der Waals surface area contributed by atoms with Gasteiger partial charge in [0.15, 0.2) is 0 Å². The molecular weight excluding hydrogens is 238 g/mol. The summed E-state index contributed by atoms with van der Waals surface area (Å²) in [6.45, 7) is 1.85. The van der Waals surface area contributed by atoms with Crippen molar-refractivity contribution in [1.82, 2.24) is 9.88 Å². The Morgan fingerprint density at radius 2 is 2.59 bits per heavy atom. The van der Waals surface area contributed by atoms with Crippen LogP contribution in [-0.4, -0.2) is 35.4 Å². The number of hydrogen-bond acceptors (Lipinski definition) is 4. The Morgan fingerprint density at radius 3 is 3.29 bits per heavy atom. The van der Waals surface area contributed by atoms with E-state index < -0.39 is 0 Å². The van der Waals surface area contributed by atoms with Crippen LogP contribution < -0.4 is 0 Å². The second kappa shape index (κ2) is 5.65. The van der Waals surface area contributed by atoms with Crippen LogP contribution in [0.2, 0.25) is 0 Å². The molecule has 0 saturated carbocycles. The summed E-state index contributed by atoms with van der Waals surface area (Å²) < 4.78 is 0. The normalized spacial score (nSPS) is 19.4. The standard InChI is InChI=1S/C10H13N5OS/c11-14-13-4-8-3-10(16)15(6-8)2-1-9-5-12-7-17-9/h5,7-8H,1-4,6H2. The zero-order valence-corrected chi connectivity index (χ0v) is 10.1. The summed E-state index contributed by atoms with van der Waals surface area (Å²) in [6, 6.07) is 0. The molecule has 7 heteroatoms. The minimum absolute atomic E-state index is 0.160. The van der Waals surface area contributed by atoms with Gasteiger partial charge in [-0.15, -0.1) is 11.3 Å². The molecule has 1 saturated heterocycles. The van der Waals surface area contributed by atoms with E-state index >= 15 is 0 Å². The molecule has 0 radical (unpaired) electrons. The topological polar surface area (TPSA) is 82.0 Å². The maximum Gasteiger partial charge on any atom is 0.222 e. The summed E-state index contributed by atoms with van der Waals surface area (Å²) in [5.41, 5.74) is 10.0. The average Bonchev–Trinajstić information content (AvgIpc) is 2.93. The molecule has 0 aliphatic carbocycles. The van der Waals surface area contributed by atoms with Crippen molar-refractivity contribution in [2.24, 2.45) is 11.0 Å². The van der Waals surface area contributed by atoms with Crippen LogP contribution in [-0.2, 0) is 11.2 Å². The molecule has 17 heavy (non-hydrogen) atoms. The molecule has 0 bridgehead atoms. The predicted molar refractivity (Wildman–Crippen MR) is 64.5 cm³/mol. The SMILES string of the molecule is [N-]=[N+]=NCC1CC(=O)N(CCc2cncs2)C1. The first-order valence-corrected chi connectivity index (χ1v) is 6.33. The number of amides is 1. The van der Waals surface area contributed by atoms with E-state index in [1.54, 1.807) is 16.8 Å². The zero-order chi connectivity index (χ0) is 12.1. The second-order valence-electron chi connectivity index (χ2n) is 4.04. The van der Waals surface area contributed by atoms with Gasteiger partial charge in [-0.2, -0.15) is 0 Å². The molecule has 0 spiro atoms. The first-order chi connectivity index (χ1) is 8.29. The molecule has 6 nitrogen and oxygen atoms in total. The summed E-state index contributed by atoms with van der Waals surface area (Å²) in [6.07, 6.45) is 3.19. The third-order valence-corrected chi connectivity index (χ3v) is 3.65. The number of carbonyl (C=O) groups is 1. The zero-order valence-electron chi connectivity index (χ0n) is 9.32. The first kappa shape index (κ1) is 11.9. The highest BCUT2D eigenvalue weighted by Crippen LogP contribution is 2.19. The van der Waals surface area contributed by atoms with Gasteiger partial charge < -0.3 is 4.90 Å². The Kier molecular flexibility index (Phi) is 3.95. The fourth-order valence-electron chi connectivity index (χ4n) is 1.96. The second-order valence-corrected chi connectivity index (χ2v) is 5.01. The minimum Gasteiger partial charge on any atom is -0.342 e. The van der Waals surface area contributed by atoms with Gasteiger partial charge >= 0.3 is 0 Å². The summed E-state index contributed by atoms with van der Waals surface area (Å²) in [7, 11) is 0. The van der Waals surface area contributed by atoms with Crippen LogP contribution in [0.4, 0.5) is 0 Å². The monoisotopic (exact) mass is 251 g/mol. The van der Waals surface area contributed by atoms with Crippen molar-refractivity contribution in [2.45, 2.75) is 12.8 Å². The number of azide groups is 1. The molecule has 0 aromatic carbocycles. The summed E-state index contributed by atoms with van der Waals surface area (Å²) in [5, 5.41) is 3.53. The van der Waals surface area contributed by atoms with Gasteiger partial charge in [0.05, 0.1) is 5.51 Å². The summed E-state index contributed by atoms with van der Waals surface area (Å²) in [5.74, 6) is 0.340. The van der Waals surface area contributed by atoms with Crippen LogP contribution in [0.3, 0.4) is 0 Å². The largest absolute Gasteiger partial charge is 0.342 e. The van der Waals surface area contributed by atoms with Gasteiger partial charge in [0.2, 0.25) is 5.91 Å². The van der Waals surface area contributed by atoms with E-state index in [9.17, 15) is 4.79 Å². The van der Waals surface area contributed by atoms with Crippen molar-refractivity contribution in [1.29, 1.82) is 0 Å². The van der Waals surface area contributed by atoms with Gasteiger partial charge in [-0.1, -0.05) is 5.11 Å². The lowest BCUT2D eigenvalue weighted by Gasteiger charge is -2.15. The molecule has 1 unspecified atom stereocenters. The Labute approximate surface area is 103 Å². The van der Waals surface area contributed by atoms with Crippen molar-refractivity contribution in [3.63, 3.8) is 0 Å². The number of aromatic nitrogens is 1. The molecule has 1 amide bonds. The Bertz CT molecular complexity index is 426. The lowest BCUT2D eigenvalue weighted by atomic mass is 10.1. The van der Waals surface area contributed by atoms with Crippen molar-refractivity contribution in [3.8, 4) is 0 Å². The number of hydrogen-bond donors (Lipinski definition) is 0. The Morgan fingerprint density at radius 1 is 1.71 bits per heavy atom. The molecular formula is C10H13N5OS. The number of nitrogens with zero attached hydrogens (tertiary/aromatic N) is 5. The van der Waals surface area contributed by atoms with Crippen LogP contribution in [0, 0.1) is 5.92 Å². The van der Waals surface area contributed by atoms with Crippen LogP contribution in [0.1, 0.15) is 11.3 Å². The maximum absolute atomic E-state index is 11.7. The van der Waals surface area contributed by atoms with Crippen molar-refractivity contribution in [2.75, 3.05) is 19.6 Å². The van der Waals surface area contributed by atoms with E-state index in [0.717, 1.165) is 13.0 Å². The van der Waals surface area contributed by atoms with Gasteiger partial charge in [-0.3, -0.25) is 9.78 Å². The van der Waals surface area contributed by atoms with Crippen LogP contribution in [0.15, 0.2) is 16.8 Å². The molecule has 1 atom stereocenters. The summed E-state index contributed by atoms with van der Waals surface area (Å²) >= 11 is 1.61. The van der Waals surface area contributed by atoms with Crippen LogP contribution >= 0.6 is 11.3 Å². The fourth-order valence-corrected chi connectivity index (χ4v) is 2.54. The van der Waals surface area contributed by atoms with Gasteiger partial charge in [-0.05, 0) is 11.4 Å². The predicted octanol–water partition coefficient (Wildman–Crippen LogP) is 1.84. The van der Waals surface area contributed by atoms with Gasteiger partial charge in [0, 0.05) is 48.5 Å². The quantitative estimate of drug-likeness (QED) is 0.454. The number of likely N-dealkylation sites (tertiary alicyclic amines) is 1. The van der Waals surface area contributed by atoms with E-state index in [1.165, 1.54) is 4.88 Å². The lowest BCUT2D eigenvalue weighted by Crippen LogP contribution is -2.27. The van der Waals surface area contributed by atoms with Crippen molar-refractivity contribution < 1.29 is 4.79 Å². The molecule has 1 aliphatic rings. The van der Waals surface area contributed by atoms with Crippen LogP contribution in [0.5, 0.6) is 0 Å². The Balaban J connectivity index is 1.81. The average molecular weight is 251 g/mol. The van der Waals surface area contributed by atoms with Gasteiger partial charge in [0.25, 0.3) is 0 Å². The molecule has 1 aliphatic heterocycles. The molecule has 1 aromatic heterocycles. The van der Waals surface area contributed by atoms with E-state index in [4.69, 9.17) is 5.53 Å². The maximum atomic E-state index is 11.7. The molecule has 0 N–H and O–H groups in total. The number of carbonyl (C=O) groups excluding carboxylic acids is 1. The highest BCUT2D eigenvalue weighted by atomic mass is 32.1. The highest BCUT2D eigenvalue weighted by molar-refractivity contribution is 7.09. The lowest BCUT2D eigenvalue weighted by molar-refractivity contribution is -0.127. The smallest absolute Gasteiger partial charge is 0.222 e. The van der Waals surface area contributed by atoms with Gasteiger partial charge in [0.1, 0.15) is 0 Å². The highest BCUT2D eigenvalue weighted by Gasteiger charge is 2.28. The molecule has 1 fully saturated rings. The van der Waals surface area contributed by atoms with Gasteiger partial charge in [-0.25, -0.2) is 0 Å². The van der Waals surface area contributed by atoms with E-state index in [1.807, 2.05) is 11.1 Å². The third-order valence-electron chi connectivity index (χ3n) is 2.81. The summed E-state index contributed by atoms with van der Waals surface area (Å²) in [4.78, 5) is 21.4. The van der Waals surface area contributed by atoms with E-state index in [-0.39, 0.29) is 11.8 Å². The van der Waals surface area contributed by atoms with Crippen LogP contribution in [0.25, 0.3) is 10.4 Å². The molecule has 1 aromatic rings. The van der Waals surface area contributed by atoms with E-state index in [2.05, 4.69) is 15.0 Å². The Hall–Kier alpha value is -1.59. The number of rotatable bonds is 5. The van der Waals surface area contributed by atoms with Crippen molar-refractivity contribution >= 4 is 17.2 Å². The first-order valence-electron chi connectivity index (χ1n) is 5.45. The molecule has 90 valence electrons. The molecule has 2 heterocycles.